The average Bonchev–Trinajstić information content (AvgIpc) is 2.71. The van der Waals surface area contributed by atoms with E-state index in [1.807, 2.05) is 20.1 Å². The molecule has 30 heavy (non-hydrogen) atoms. The minimum absolute atomic E-state index is 0.0825. The molecular formula is C21H28FN3O3S2. The van der Waals surface area contributed by atoms with Crippen molar-refractivity contribution in [2.24, 2.45) is 0 Å². The molecule has 2 aromatic carbocycles. The second-order valence-electron chi connectivity index (χ2n) is 7.13. The van der Waals surface area contributed by atoms with Crippen LogP contribution in [0.15, 0.2) is 53.4 Å². The van der Waals surface area contributed by atoms with Crippen LogP contribution in [0.2, 0.25) is 0 Å². The van der Waals surface area contributed by atoms with E-state index < -0.39 is 27.8 Å². The molecule has 0 fully saturated rings. The number of sulfonamides is 1. The normalized spacial score (nSPS) is 12.6. The summed E-state index contributed by atoms with van der Waals surface area (Å²) in [5, 5.41) is 2.63. The zero-order valence-corrected chi connectivity index (χ0v) is 19.2. The van der Waals surface area contributed by atoms with Crippen LogP contribution in [0.4, 0.5) is 15.8 Å². The van der Waals surface area contributed by atoms with Crippen molar-refractivity contribution in [2.75, 3.05) is 29.3 Å². The minimum atomic E-state index is -3.86. The third-order valence-corrected chi connectivity index (χ3v) is 6.78. The Morgan fingerprint density at radius 2 is 1.83 bits per heavy atom. The summed E-state index contributed by atoms with van der Waals surface area (Å²) >= 11 is 1.51. The highest BCUT2D eigenvalue weighted by Crippen LogP contribution is 2.24. The molecule has 0 saturated carbocycles. The number of rotatable bonds is 10. The fourth-order valence-electron chi connectivity index (χ4n) is 2.71. The number of amides is 1. The Kier molecular flexibility index (Phi) is 8.69. The predicted molar refractivity (Wildman–Crippen MR) is 122 cm³/mol. The molecule has 2 N–H and O–H groups in total. The van der Waals surface area contributed by atoms with Gasteiger partial charge in [0, 0.05) is 18.8 Å². The number of carbonyl (C=O) groups excluding carboxylic acids is 1. The largest absolute Gasteiger partial charge is 0.370 e. The van der Waals surface area contributed by atoms with E-state index >= 15 is 0 Å². The Balaban J connectivity index is 2.18. The molecule has 6 nitrogen and oxygen atoms in total. The summed E-state index contributed by atoms with van der Waals surface area (Å²) in [6.45, 7) is 3.90. The molecule has 0 aliphatic carbocycles. The molecule has 2 rings (SSSR count). The Hall–Kier alpha value is -2.10. The lowest BCUT2D eigenvalue weighted by Crippen LogP contribution is -2.44. The van der Waals surface area contributed by atoms with E-state index in [1.54, 1.807) is 42.3 Å². The number of anilines is 2. The molecule has 1 unspecified atom stereocenters. The molecule has 0 radical (unpaired) electrons. The van der Waals surface area contributed by atoms with Crippen LogP contribution in [0.3, 0.4) is 0 Å². The number of hydrogen-bond acceptors (Lipinski definition) is 5. The van der Waals surface area contributed by atoms with Gasteiger partial charge in [0.2, 0.25) is 15.9 Å². The van der Waals surface area contributed by atoms with E-state index in [2.05, 4.69) is 10.0 Å². The highest BCUT2D eigenvalue weighted by atomic mass is 32.2. The van der Waals surface area contributed by atoms with Gasteiger partial charge in [-0.15, -0.1) is 0 Å². The van der Waals surface area contributed by atoms with Crippen molar-refractivity contribution in [1.82, 2.24) is 4.72 Å². The van der Waals surface area contributed by atoms with Gasteiger partial charge in [0.05, 0.1) is 10.6 Å². The molecule has 0 bridgehead atoms. The highest BCUT2D eigenvalue weighted by Gasteiger charge is 2.25. The summed E-state index contributed by atoms with van der Waals surface area (Å²) in [5.74, 6) is -0.413. The smallest absolute Gasteiger partial charge is 0.242 e. The van der Waals surface area contributed by atoms with Crippen LogP contribution in [-0.4, -0.2) is 45.5 Å². The van der Waals surface area contributed by atoms with Crippen molar-refractivity contribution in [3.8, 4) is 0 Å². The Labute approximate surface area is 182 Å². The van der Waals surface area contributed by atoms with Gasteiger partial charge in [-0.2, -0.15) is 16.5 Å². The van der Waals surface area contributed by atoms with Gasteiger partial charge < -0.3 is 10.2 Å². The molecule has 1 atom stereocenters. The average molecular weight is 454 g/mol. The van der Waals surface area contributed by atoms with Crippen molar-refractivity contribution < 1.29 is 17.6 Å². The van der Waals surface area contributed by atoms with Crippen molar-refractivity contribution >= 4 is 39.1 Å². The van der Waals surface area contributed by atoms with Crippen LogP contribution in [0, 0.1) is 5.82 Å². The first-order chi connectivity index (χ1) is 14.2. The summed E-state index contributed by atoms with van der Waals surface area (Å²) in [4.78, 5) is 14.7. The summed E-state index contributed by atoms with van der Waals surface area (Å²) in [7, 11) is -2.07. The second kappa shape index (κ2) is 10.8. The van der Waals surface area contributed by atoms with E-state index in [1.165, 1.54) is 30.0 Å². The van der Waals surface area contributed by atoms with Gasteiger partial charge in [0.15, 0.2) is 0 Å². The third-order valence-electron chi connectivity index (χ3n) is 4.65. The lowest BCUT2D eigenvalue weighted by atomic mass is 10.2. The predicted octanol–water partition coefficient (Wildman–Crippen LogP) is 3.71. The van der Waals surface area contributed by atoms with Gasteiger partial charge in [-0.25, -0.2) is 12.8 Å². The molecule has 9 heteroatoms. The van der Waals surface area contributed by atoms with Gasteiger partial charge in [-0.05, 0) is 62.6 Å². The molecule has 0 heterocycles. The van der Waals surface area contributed by atoms with Gasteiger partial charge in [0.1, 0.15) is 11.9 Å². The van der Waals surface area contributed by atoms with Crippen LogP contribution in [0.1, 0.15) is 20.3 Å². The van der Waals surface area contributed by atoms with Crippen molar-refractivity contribution in [1.29, 1.82) is 0 Å². The Morgan fingerprint density at radius 3 is 2.40 bits per heavy atom. The van der Waals surface area contributed by atoms with E-state index in [0.29, 0.717) is 17.9 Å². The summed E-state index contributed by atoms with van der Waals surface area (Å²) in [6, 6.07) is 11.4. The van der Waals surface area contributed by atoms with Gasteiger partial charge in [-0.1, -0.05) is 18.2 Å². The zero-order valence-electron chi connectivity index (χ0n) is 17.6. The fraction of sp³-hybridized carbons (Fsp3) is 0.381. The molecule has 2 aromatic rings. The highest BCUT2D eigenvalue weighted by molar-refractivity contribution is 7.98. The van der Waals surface area contributed by atoms with Crippen LogP contribution in [0.5, 0.6) is 0 Å². The molecular weight excluding hydrogens is 425 g/mol. The molecule has 0 saturated heterocycles. The molecule has 164 valence electrons. The molecule has 0 aromatic heterocycles. The SMILES string of the molecule is CSCCC(NS(=O)(=O)c1ccccc1)C(=O)Nc1ccc(N(C)C(C)C)c(F)c1. The van der Waals surface area contributed by atoms with Gasteiger partial charge >= 0.3 is 0 Å². The first-order valence-electron chi connectivity index (χ1n) is 9.55. The molecule has 0 spiro atoms. The maximum Gasteiger partial charge on any atom is 0.242 e. The van der Waals surface area contributed by atoms with E-state index in [4.69, 9.17) is 0 Å². The maximum absolute atomic E-state index is 14.5. The number of nitrogens with zero attached hydrogens (tertiary/aromatic N) is 1. The lowest BCUT2D eigenvalue weighted by molar-refractivity contribution is -0.117. The topological polar surface area (TPSA) is 78.5 Å². The van der Waals surface area contributed by atoms with E-state index in [9.17, 15) is 17.6 Å². The fourth-order valence-corrected chi connectivity index (χ4v) is 4.43. The number of nitrogens with one attached hydrogen (secondary N) is 2. The number of hydrogen-bond donors (Lipinski definition) is 2. The summed E-state index contributed by atoms with van der Waals surface area (Å²) in [6.07, 6.45) is 2.18. The summed E-state index contributed by atoms with van der Waals surface area (Å²) < 4.78 is 42.2. The van der Waals surface area contributed by atoms with Crippen LogP contribution in [0.25, 0.3) is 0 Å². The quantitative estimate of drug-likeness (QED) is 0.573. The van der Waals surface area contributed by atoms with Crippen LogP contribution < -0.4 is 14.9 Å². The standard InChI is InChI=1S/C21H28FN3O3S2/c1-15(2)25(3)20-11-10-16(14-18(20)22)23-21(26)19(12-13-29-4)24-30(27,28)17-8-6-5-7-9-17/h5-11,14-15,19,24H,12-13H2,1-4H3,(H,23,26). The third kappa shape index (κ3) is 6.45. The van der Waals surface area contributed by atoms with Crippen molar-refractivity contribution in [3.05, 3.63) is 54.3 Å². The molecule has 0 aliphatic rings. The van der Waals surface area contributed by atoms with Crippen LogP contribution >= 0.6 is 11.8 Å². The van der Waals surface area contributed by atoms with E-state index in [-0.39, 0.29) is 16.6 Å². The second-order valence-corrected chi connectivity index (χ2v) is 9.83. The van der Waals surface area contributed by atoms with Crippen LogP contribution in [-0.2, 0) is 14.8 Å². The van der Waals surface area contributed by atoms with Gasteiger partial charge in [0.25, 0.3) is 0 Å². The number of benzene rings is 2. The van der Waals surface area contributed by atoms with Gasteiger partial charge in [-0.3, -0.25) is 4.79 Å². The lowest BCUT2D eigenvalue weighted by Gasteiger charge is -2.24. The Morgan fingerprint density at radius 1 is 1.17 bits per heavy atom. The first-order valence-corrected chi connectivity index (χ1v) is 12.4. The summed E-state index contributed by atoms with van der Waals surface area (Å²) in [5.41, 5.74) is 0.693. The maximum atomic E-state index is 14.5. The minimum Gasteiger partial charge on any atom is -0.370 e. The van der Waals surface area contributed by atoms with E-state index in [0.717, 1.165) is 0 Å². The number of thioether (sulfide) groups is 1. The van der Waals surface area contributed by atoms with Crippen molar-refractivity contribution in [3.63, 3.8) is 0 Å². The monoisotopic (exact) mass is 453 g/mol. The molecule has 0 aliphatic heterocycles. The first kappa shape index (κ1) is 24.2. The Bertz CT molecular complexity index is 953. The van der Waals surface area contributed by atoms with Crippen molar-refractivity contribution in [2.45, 2.75) is 37.2 Å². The molecule has 1 amide bonds. The number of halogens is 1. The zero-order chi connectivity index (χ0) is 22.3. The number of carbonyl (C=O) groups is 1.